The van der Waals surface area contributed by atoms with Crippen LogP contribution in [-0.2, 0) is 20.2 Å². The van der Waals surface area contributed by atoms with Crippen LogP contribution >= 0.6 is 23.1 Å². The molecule has 1 aliphatic rings. The third-order valence-corrected chi connectivity index (χ3v) is 8.13. The van der Waals surface area contributed by atoms with Crippen molar-refractivity contribution in [2.45, 2.75) is 30.5 Å². The zero-order chi connectivity index (χ0) is 21.9. The van der Waals surface area contributed by atoms with Crippen molar-refractivity contribution in [2.75, 3.05) is 48.4 Å². The van der Waals surface area contributed by atoms with Crippen LogP contribution < -0.4 is 10.2 Å². The summed E-state index contributed by atoms with van der Waals surface area (Å²) in [4.78, 5) is 19.0. The van der Waals surface area contributed by atoms with Gasteiger partial charge in [0.25, 0.3) is 0 Å². The third-order valence-electron chi connectivity index (χ3n) is 4.80. The van der Waals surface area contributed by atoms with Gasteiger partial charge >= 0.3 is 0 Å². The van der Waals surface area contributed by atoms with Crippen molar-refractivity contribution >= 4 is 50.4 Å². The van der Waals surface area contributed by atoms with E-state index in [4.69, 9.17) is 0 Å². The molecule has 1 aliphatic heterocycles. The number of thiazole rings is 1. The molecule has 10 heteroatoms. The van der Waals surface area contributed by atoms with Crippen LogP contribution in [0.5, 0.6) is 0 Å². The van der Waals surface area contributed by atoms with E-state index in [1.165, 1.54) is 22.3 Å². The first-order valence-corrected chi connectivity index (χ1v) is 13.4. The van der Waals surface area contributed by atoms with E-state index >= 15 is 0 Å². The number of benzene rings is 1. The van der Waals surface area contributed by atoms with Gasteiger partial charge in [-0.1, -0.05) is 32.5 Å². The Balaban J connectivity index is 1.48. The third kappa shape index (κ3) is 6.19. The van der Waals surface area contributed by atoms with E-state index in [9.17, 15) is 13.2 Å². The zero-order valence-electron chi connectivity index (χ0n) is 17.7. The van der Waals surface area contributed by atoms with Crippen LogP contribution in [0.25, 0.3) is 0 Å². The van der Waals surface area contributed by atoms with Gasteiger partial charge < -0.3 is 10.2 Å². The lowest BCUT2D eigenvalue weighted by atomic mass is 9.93. The van der Waals surface area contributed by atoms with Crippen molar-refractivity contribution in [3.05, 3.63) is 35.3 Å². The Morgan fingerprint density at radius 2 is 1.80 bits per heavy atom. The summed E-state index contributed by atoms with van der Waals surface area (Å²) in [5.41, 5.74) is 2.82. The van der Waals surface area contributed by atoms with E-state index in [1.54, 1.807) is 11.3 Å². The molecule has 2 aromatic rings. The molecule has 3 rings (SSSR count). The first kappa shape index (κ1) is 23.1. The predicted octanol–water partition coefficient (Wildman–Crippen LogP) is 3.25. The molecule has 0 spiro atoms. The van der Waals surface area contributed by atoms with Gasteiger partial charge in [0.1, 0.15) is 0 Å². The van der Waals surface area contributed by atoms with Crippen molar-refractivity contribution in [3.8, 4) is 0 Å². The van der Waals surface area contributed by atoms with Crippen LogP contribution in [-0.4, -0.2) is 61.8 Å². The summed E-state index contributed by atoms with van der Waals surface area (Å²) in [6.45, 7) is 8.65. The molecule has 164 valence electrons. The molecule has 0 atom stereocenters. The highest BCUT2D eigenvalue weighted by Crippen LogP contribution is 2.29. The average molecular weight is 469 g/mol. The van der Waals surface area contributed by atoms with E-state index in [1.807, 2.05) is 24.3 Å². The van der Waals surface area contributed by atoms with Gasteiger partial charge in [-0.05, 0) is 24.3 Å². The fraction of sp³-hybridized carbons (Fsp3) is 0.500. The van der Waals surface area contributed by atoms with Gasteiger partial charge in [-0.15, -0.1) is 11.3 Å². The summed E-state index contributed by atoms with van der Waals surface area (Å²) >= 11 is 3.02. The largest absolute Gasteiger partial charge is 0.369 e. The quantitative estimate of drug-likeness (QED) is 0.656. The summed E-state index contributed by atoms with van der Waals surface area (Å²) in [5, 5.41) is 4.97. The van der Waals surface area contributed by atoms with Gasteiger partial charge in [0, 0.05) is 48.3 Å². The average Bonchev–Trinajstić information content (AvgIpc) is 3.16. The number of nitrogens with zero attached hydrogens (tertiary/aromatic N) is 3. The minimum absolute atomic E-state index is 0.0107. The molecule has 1 N–H and O–H groups in total. The molecule has 1 aromatic carbocycles. The molecule has 1 amide bonds. The molecule has 0 aliphatic carbocycles. The summed E-state index contributed by atoms with van der Waals surface area (Å²) in [6.07, 6.45) is 1.25. The normalized spacial score (nSPS) is 15.9. The predicted molar refractivity (Wildman–Crippen MR) is 125 cm³/mol. The maximum atomic E-state index is 12.3. The van der Waals surface area contributed by atoms with E-state index in [2.05, 4.69) is 41.4 Å². The zero-order valence-corrected chi connectivity index (χ0v) is 20.2. The Labute approximate surface area is 186 Å². The first-order chi connectivity index (χ1) is 14.0. The summed E-state index contributed by atoms with van der Waals surface area (Å²) in [7, 11) is -3.13. The Morgan fingerprint density at radius 1 is 1.17 bits per heavy atom. The number of amides is 1. The second-order valence-corrected chi connectivity index (χ2v) is 12.3. The standard InChI is InChI=1S/C20H28N4O3S3/c1-20(2,3)17-13-28-19(22-17)29-14-18(25)21-15-5-7-16(8-6-15)23-9-11-24(12-10-23)30(4,26)27/h5-8,13H,9-12,14H2,1-4H3,(H,21,25). The molecule has 0 unspecified atom stereocenters. The number of nitrogens with one attached hydrogen (secondary N) is 1. The number of hydrogen-bond donors (Lipinski definition) is 1. The Bertz CT molecular complexity index is 973. The summed E-state index contributed by atoms with van der Waals surface area (Å²) in [5.74, 6) is 0.244. The Morgan fingerprint density at radius 3 is 2.33 bits per heavy atom. The molecule has 1 saturated heterocycles. The van der Waals surface area contributed by atoms with Crippen LogP contribution in [0.4, 0.5) is 11.4 Å². The second-order valence-electron chi connectivity index (χ2n) is 8.28. The summed E-state index contributed by atoms with van der Waals surface area (Å²) in [6, 6.07) is 7.66. The number of piperazine rings is 1. The van der Waals surface area contributed by atoms with Crippen molar-refractivity contribution < 1.29 is 13.2 Å². The fourth-order valence-electron chi connectivity index (χ4n) is 3.03. The Kier molecular flexibility index (Phi) is 7.11. The molecule has 2 heterocycles. The molecule has 1 aromatic heterocycles. The number of hydrogen-bond acceptors (Lipinski definition) is 7. The molecular weight excluding hydrogens is 440 g/mol. The van der Waals surface area contributed by atoms with E-state index in [-0.39, 0.29) is 11.3 Å². The maximum absolute atomic E-state index is 12.3. The maximum Gasteiger partial charge on any atom is 0.234 e. The van der Waals surface area contributed by atoms with Crippen molar-refractivity contribution in [1.29, 1.82) is 0 Å². The van der Waals surface area contributed by atoms with Gasteiger partial charge in [-0.2, -0.15) is 4.31 Å². The topological polar surface area (TPSA) is 82.6 Å². The highest BCUT2D eigenvalue weighted by Gasteiger charge is 2.23. The number of anilines is 2. The molecule has 0 saturated carbocycles. The Hall–Kier alpha value is -1.62. The van der Waals surface area contributed by atoms with Crippen LogP contribution in [0.1, 0.15) is 26.5 Å². The number of rotatable bonds is 6. The molecule has 0 bridgehead atoms. The van der Waals surface area contributed by atoms with Crippen molar-refractivity contribution in [3.63, 3.8) is 0 Å². The smallest absolute Gasteiger partial charge is 0.234 e. The van der Waals surface area contributed by atoms with Crippen LogP contribution in [0.15, 0.2) is 34.0 Å². The van der Waals surface area contributed by atoms with Gasteiger partial charge in [0.15, 0.2) is 4.34 Å². The monoisotopic (exact) mass is 468 g/mol. The number of carbonyl (C=O) groups is 1. The molecule has 7 nitrogen and oxygen atoms in total. The molecule has 1 fully saturated rings. The lowest BCUT2D eigenvalue weighted by Crippen LogP contribution is -2.48. The van der Waals surface area contributed by atoms with Gasteiger partial charge in [0.05, 0.1) is 17.7 Å². The minimum Gasteiger partial charge on any atom is -0.369 e. The highest BCUT2D eigenvalue weighted by atomic mass is 32.2. The van der Waals surface area contributed by atoms with E-state index < -0.39 is 10.0 Å². The number of aromatic nitrogens is 1. The number of carbonyl (C=O) groups excluding carboxylic acids is 1. The molecule has 0 radical (unpaired) electrons. The van der Waals surface area contributed by atoms with Crippen LogP contribution in [0, 0.1) is 0 Å². The number of thioether (sulfide) groups is 1. The molecule has 30 heavy (non-hydrogen) atoms. The van der Waals surface area contributed by atoms with Crippen molar-refractivity contribution in [1.82, 2.24) is 9.29 Å². The van der Waals surface area contributed by atoms with Crippen LogP contribution in [0.3, 0.4) is 0 Å². The van der Waals surface area contributed by atoms with Gasteiger partial charge in [0.2, 0.25) is 15.9 Å². The first-order valence-electron chi connectivity index (χ1n) is 9.71. The van der Waals surface area contributed by atoms with Gasteiger partial charge in [-0.3, -0.25) is 4.79 Å². The SMILES string of the molecule is CC(C)(C)c1csc(SCC(=O)Nc2ccc(N3CCN(S(C)(=O)=O)CC3)cc2)n1. The van der Waals surface area contributed by atoms with Gasteiger partial charge in [-0.25, -0.2) is 13.4 Å². The lowest BCUT2D eigenvalue weighted by Gasteiger charge is -2.34. The number of sulfonamides is 1. The van der Waals surface area contributed by atoms with Crippen molar-refractivity contribution in [2.24, 2.45) is 0 Å². The molecular formula is C20H28N4O3S3. The van der Waals surface area contributed by atoms with E-state index in [0.29, 0.717) is 31.9 Å². The minimum atomic E-state index is -3.13. The van der Waals surface area contributed by atoms with Crippen LogP contribution in [0.2, 0.25) is 0 Å². The lowest BCUT2D eigenvalue weighted by molar-refractivity contribution is -0.113. The second kappa shape index (κ2) is 9.25. The summed E-state index contributed by atoms with van der Waals surface area (Å²) < 4.78 is 25.7. The van der Waals surface area contributed by atoms with E-state index in [0.717, 1.165) is 21.4 Å². The fourth-order valence-corrected chi connectivity index (χ4v) is 5.71. The highest BCUT2D eigenvalue weighted by molar-refractivity contribution is 8.01.